The van der Waals surface area contributed by atoms with Gasteiger partial charge in [-0.3, -0.25) is 9.36 Å². The van der Waals surface area contributed by atoms with Crippen LogP contribution < -0.4 is 15.0 Å². The molecule has 31 heavy (non-hydrogen) atoms. The van der Waals surface area contributed by atoms with E-state index in [1.165, 1.54) is 0 Å². The fourth-order valence-electron chi connectivity index (χ4n) is 3.08. The van der Waals surface area contributed by atoms with Gasteiger partial charge in [-0.15, -0.1) is 0 Å². The lowest BCUT2D eigenvalue weighted by Crippen LogP contribution is -2.22. The van der Waals surface area contributed by atoms with Crippen LogP contribution in [-0.4, -0.2) is 22.8 Å². The standard InChI is InChI=1S/C25H29ClN2O3/c1-5-19-16-21(9-10-22(19)31-17-25(2,3)4)28-13-12-27-23(24(28)29)30-14-11-18-7-6-8-20(26)15-18/h6-10,12-13,15-16H,5,11,14,17H2,1-4H3. The van der Waals surface area contributed by atoms with Crippen LogP contribution in [0.3, 0.4) is 0 Å². The Morgan fingerprint density at radius 2 is 1.90 bits per heavy atom. The van der Waals surface area contributed by atoms with Gasteiger partial charge >= 0.3 is 5.56 Å². The van der Waals surface area contributed by atoms with E-state index in [0.29, 0.717) is 24.7 Å². The molecule has 3 rings (SSSR count). The van der Waals surface area contributed by atoms with E-state index in [1.54, 1.807) is 17.0 Å². The highest BCUT2D eigenvalue weighted by Gasteiger charge is 2.14. The molecule has 164 valence electrons. The van der Waals surface area contributed by atoms with Crippen LogP contribution in [-0.2, 0) is 12.8 Å². The van der Waals surface area contributed by atoms with Crippen molar-refractivity contribution < 1.29 is 9.47 Å². The van der Waals surface area contributed by atoms with Gasteiger partial charge in [0.1, 0.15) is 5.75 Å². The Kier molecular flexibility index (Phi) is 7.39. The molecule has 0 amide bonds. The molecule has 5 nitrogen and oxygen atoms in total. The van der Waals surface area contributed by atoms with Crippen LogP contribution in [0.2, 0.25) is 5.02 Å². The fraction of sp³-hybridized carbons (Fsp3) is 0.360. The van der Waals surface area contributed by atoms with Gasteiger partial charge in [0.25, 0.3) is 5.88 Å². The van der Waals surface area contributed by atoms with Crippen molar-refractivity contribution in [1.29, 1.82) is 0 Å². The van der Waals surface area contributed by atoms with Crippen molar-refractivity contribution in [1.82, 2.24) is 9.55 Å². The van der Waals surface area contributed by atoms with Gasteiger partial charge in [-0.05, 0) is 53.3 Å². The second kappa shape index (κ2) is 10.0. The third-order valence-corrected chi connectivity index (χ3v) is 4.93. The van der Waals surface area contributed by atoms with Crippen LogP contribution >= 0.6 is 11.6 Å². The van der Waals surface area contributed by atoms with Crippen LogP contribution in [0.15, 0.2) is 59.7 Å². The Bertz CT molecular complexity index is 1090. The van der Waals surface area contributed by atoms with Gasteiger partial charge in [0.15, 0.2) is 0 Å². The molecule has 0 aliphatic carbocycles. The summed E-state index contributed by atoms with van der Waals surface area (Å²) in [6.07, 6.45) is 4.66. The third kappa shape index (κ3) is 6.34. The first kappa shape index (κ1) is 22.9. The largest absolute Gasteiger partial charge is 0.493 e. The number of hydrogen-bond acceptors (Lipinski definition) is 4. The first-order valence-electron chi connectivity index (χ1n) is 10.5. The van der Waals surface area contributed by atoms with Gasteiger partial charge in [-0.1, -0.05) is 51.4 Å². The fourth-order valence-corrected chi connectivity index (χ4v) is 3.29. The zero-order valence-electron chi connectivity index (χ0n) is 18.5. The van der Waals surface area contributed by atoms with E-state index >= 15 is 0 Å². The summed E-state index contributed by atoms with van der Waals surface area (Å²) in [4.78, 5) is 17.1. The minimum atomic E-state index is -0.293. The SMILES string of the molecule is CCc1cc(-n2ccnc(OCCc3cccc(Cl)c3)c2=O)ccc1OCC(C)(C)C. The maximum Gasteiger partial charge on any atom is 0.317 e. The monoisotopic (exact) mass is 440 g/mol. The van der Waals surface area contributed by atoms with Crippen molar-refractivity contribution in [3.05, 3.63) is 81.4 Å². The van der Waals surface area contributed by atoms with Crippen molar-refractivity contribution in [3.8, 4) is 17.3 Å². The van der Waals surface area contributed by atoms with Gasteiger partial charge in [-0.2, -0.15) is 0 Å². The van der Waals surface area contributed by atoms with E-state index in [1.807, 2.05) is 42.5 Å². The van der Waals surface area contributed by atoms with Crippen molar-refractivity contribution >= 4 is 11.6 Å². The predicted octanol–water partition coefficient (Wildman–Crippen LogP) is 5.49. The van der Waals surface area contributed by atoms with Crippen molar-refractivity contribution in [2.75, 3.05) is 13.2 Å². The van der Waals surface area contributed by atoms with Gasteiger partial charge in [0.2, 0.25) is 0 Å². The number of aryl methyl sites for hydroxylation is 1. The number of hydrogen-bond donors (Lipinski definition) is 0. The molecule has 3 aromatic rings. The molecule has 0 saturated carbocycles. The highest BCUT2D eigenvalue weighted by molar-refractivity contribution is 6.30. The third-order valence-electron chi connectivity index (χ3n) is 4.69. The second-order valence-corrected chi connectivity index (χ2v) is 9.07. The number of ether oxygens (including phenoxy) is 2. The van der Waals surface area contributed by atoms with Crippen LogP contribution in [0.5, 0.6) is 11.6 Å². The summed E-state index contributed by atoms with van der Waals surface area (Å²) in [7, 11) is 0. The van der Waals surface area contributed by atoms with Gasteiger partial charge < -0.3 is 9.47 Å². The summed E-state index contributed by atoms with van der Waals surface area (Å²) in [5, 5.41) is 0.680. The van der Waals surface area contributed by atoms with Crippen molar-refractivity contribution in [2.45, 2.75) is 40.5 Å². The van der Waals surface area contributed by atoms with Crippen LogP contribution in [0.25, 0.3) is 5.69 Å². The molecule has 6 heteroatoms. The predicted molar refractivity (Wildman–Crippen MR) is 125 cm³/mol. The highest BCUT2D eigenvalue weighted by Crippen LogP contribution is 2.25. The quantitative estimate of drug-likeness (QED) is 0.464. The highest BCUT2D eigenvalue weighted by atomic mass is 35.5. The molecule has 0 aliphatic rings. The number of halogens is 1. The van der Waals surface area contributed by atoms with Crippen molar-refractivity contribution in [2.24, 2.45) is 5.41 Å². The molecule has 0 radical (unpaired) electrons. The molecule has 0 bridgehead atoms. The number of nitrogens with zero attached hydrogens (tertiary/aromatic N) is 2. The minimum absolute atomic E-state index is 0.0725. The molecule has 0 atom stereocenters. The Morgan fingerprint density at radius 1 is 1.10 bits per heavy atom. The molecule has 0 N–H and O–H groups in total. The van der Waals surface area contributed by atoms with E-state index in [4.69, 9.17) is 21.1 Å². The van der Waals surface area contributed by atoms with Crippen LogP contribution in [0, 0.1) is 5.41 Å². The van der Waals surface area contributed by atoms with Crippen molar-refractivity contribution in [3.63, 3.8) is 0 Å². The topological polar surface area (TPSA) is 53.4 Å². The average molecular weight is 441 g/mol. The molecule has 0 fully saturated rings. The van der Waals surface area contributed by atoms with Gasteiger partial charge in [-0.25, -0.2) is 4.98 Å². The molecular formula is C25H29ClN2O3. The lowest BCUT2D eigenvalue weighted by molar-refractivity contribution is 0.196. The molecule has 0 aliphatic heterocycles. The van der Waals surface area contributed by atoms with E-state index in [9.17, 15) is 4.79 Å². The van der Waals surface area contributed by atoms with E-state index in [0.717, 1.165) is 29.0 Å². The molecule has 0 saturated heterocycles. The lowest BCUT2D eigenvalue weighted by Gasteiger charge is -2.20. The summed E-state index contributed by atoms with van der Waals surface area (Å²) in [6.45, 7) is 9.45. The van der Waals surface area contributed by atoms with Crippen LogP contribution in [0.1, 0.15) is 38.8 Å². The molecular weight excluding hydrogens is 412 g/mol. The normalized spacial score (nSPS) is 11.4. The first-order chi connectivity index (χ1) is 14.8. The Labute approximate surface area is 188 Å². The summed E-state index contributed by atoms with van der Waals surface area (Å²) in [6, 6.07) is 13.4. The minimum Gasteiger partial charge on any atom is -0.493 e. The maximum atomic E-state index is 12.9. The summed E-state index contributed by atoms with van der Waals surface area (Å²) in [5.74, 6) is 0.928. The Morgan fingerprint density at radius 3 is 2.61 bits per heavy atom. The molecule has 1 heterocycles. The zero-order valence-corrected chi connectivity index (χ0v) is 19.3. The van der Waals surface area contributed by atoms with E-state index < -0.39 is 0 Å². The smallest absolute Gasteiger partial charge is 0.317 e. The molecule has 0 spiro atoms. The maximum absolute atomic E-state index is 12.9. The van der Waals surface area contributed by atoms with Gasteiger partial charge in [0.05, 0.1) is 13.2 Å². The Balaban J connectivity index is 1.76. The summed E-state index contributed by atoms with van der Waals surface area (Å²) >= 11 is 6.02. The lowest BCUT2D eigenvalue weighted by atomic mass is 9.98. The zero-order chi connectivity index (χ0) is 22.4. The Hall–Kier alpha value is -2.79. The number of rotatable bonds is 8. The molecule has 2 aromatic carbocycles. The molecule has 0 unspecified atom stereocenters. The average Bonchev–Trinajstić information content (AvgIpc) is 2.73. The van der Waals surface area contributed by atoms with E-state index in [2.05, 4.69) is 32.7 Å². The second-order valence-electron chi connectivity index (χ2n) is 8.63. The summed E-state index contributed by atoms with van der Waals surface area (Å²) < 4.78 is 13.2. The number of aromatic nitrogens is 2. The van der Waals surface area contributed by atoms with E-state index in [-0.39, 0.29) is 16.9 Å². The van der Waals surface area contributed by atoms with Gasteiger partial charge in [0, 0.05) is 29.5 Å². The number of benzene rings is 2. The molecule has 1 aromatic heterocycles. The van der Waals surface area contributed by atoms with Crippen LogP contribution in [0.4, 0.5) is 0 Å². The summed E-state index contributed by atoms with van der Waals surface area (Å²) in [5.41, 5.74) is 2.63. The first-order valence-corrected chi connectivity index (χ1v) is 10.9.